The summed E-state index contributed by atoms with van der Waals surface area (Å²) in [5.74, 6) is 0.793. The Morgan fingerprint density at radius 2 is 1.53 bits per heavy atom. The van der Waals surface area contributed by atoms with Crippen molar-refractivity contribution in [3.8, 4) is 0 Å². The lowest BCUT2D eigenvalue weighted by atomic mass is 10.0. The second-order valence-corrected chi connectivity index (χ2v) is 5.00. The van der Waals surface area contributed by atoms with Crippen molar-refractivity contribution in [1.82, 2.24) is 9.80 Å². The van der Waals surface area contributed by atoms with Crippen LogP contribution in [0.3, 0.4) is 0 Å². The summed E-state index contributed by atoms with van der Waals surface area (Å²) in [6.45, 7) is 6.19. The SMILES string of the molecule is CC1CCCN(C(=O)N2CCCC2)CC1. The van der Waals surface area contributed by atoms with Gasteiger partial charge in [0.05, 0.1) is 0 Å². The number of nitrogens with zero attached hydrogens (tertiary/aromatic N) is 2. The zero-order chi connectivity index (χ0) is 10.7. The van der Waals surface area contributed by atoms with Gasteiger partial charge in [-0.1, -0.05) is 6.92 Å². The Kier molecular flexibility index (Phi) is 3.49. The number of urea groups is 1. The van der Waals surface area contributed by atoms with Crippen molar-refractivity contribution in [1.29, 1.82) is 0 Å². The summed E-state index contributed by atoms with van der Waals surface area (Å²) >= 11 is 0. The first-order valence-electron chi connectivity index (χ1n) is 6.31. The summed E-state index contributed by atoms with van der Waals surface area (Å²) in [5, 5.41) is 0. The van der Waals surface area contributed by atoms with E-state index in [1.807, 2.05) is 4.90 Å². The Morgan fingerprint density at radius 1 is 0.933 bits per heavy atom. The minimum absolute atomic E-state index is 0.293. The lowest BCUT2D eigenvalue weighted by molar-refractivity contribution is 0.164. The number of hydrogen-bond donors (Lipinski definition) is 0. The van der Waals surface area contributed by atoms with Gasteiger partial charge in [-0.15, -0.1) is 0 Å². The Balaban J connectivity index is 1.88. The smallest absolute Gasteiger partial charge is 0.319 e. The summed E-state index contributed by atoms with van der Waals surface area (Å²) in [4.78, 5) is 16.2. The molecule has 0 spiro atoms. The molecule has 86 valence electrons. The molecule has 0 aromatic rings. The van der Waals surface area contributed by atoms with Gasteiger partial charge in [0.1, 0.15) is 0 Å². The highest BCUT2D eigenvalue weighted by molar-refractivity contribution is 5.74. The molecule has 3 nitrogen and oxygen atoms in total. The monoisotopic (exact) mass is 210 g/mol. The number of hydrogen-bond acceptors (Lipinski definition) is 1. The van der Waals surface area contributed by atoms with Crippen LogP contribution in [-0.2, 0) is 0 Å². The van der Waals surface area contributed by atoms with Crippen molar-refractivity contribution in [3.63, 3.8) is 0 Å². The maximum absolute atomic E-state index is 12.1. The van der Waals surface area contributed by atoms with Crippen molar-refractivity contribution >= 4 is 6.03 Å². The fourth-order valence-electron chi connectivity index (χ4n) is 2.56. The molecule has 0 aliphatic carbocycles. The maximum Gasteiger partial charge on any atom is 0.319 e. The van der Waals surface area contributed by atoms with E-state index in [0.29, 0.717) is 6.03 Å². The minimum Gasteiger partial charge on any atom is -0.325 e. The zero-order valence-electron chi connectivity index (χ0n) is 9.74. The molecular formula is C12H22N2O. The van der Waals surface area contributed by atoms with Gasteiger partial charge in [-0.05, 0) is 38.0 Å². The molecule has 1 atom stereocenters. The van der Waals surface area contributed by atoms with Crippen molar-refractivity contribution < 1.29 is 4.79 Å². The van der Waals surface area contributed by atoms with Crippen LogP contribution in [0.4, 0.5) is 4.79 Å². The average Bonchev–Trinajstić information content (AvgIpc) is 2.67. The van der Waals surface area contributed by atoms with E-state index in [9.17, 15) is 4.79 Å². The molecule has 0 N–H and O–H groups in total. The molecule has 0 saturated carbocycles. The van der Waals surface area contributed by atoms with Crippen molar-refractivity contribution in [3.05, 3.63) is 0 Å². The molecule has 2 fully saturated rings. The lowest BCUT2D eigenvalue weighted by Gasteiger charge is -2.26. The van der Waals surface area contributed by atoms with Crippen LogP contribution >= 0.6 is 0 Å². The Labute approximate surface area is 92.4 Å². The second kappa shape index (κ2) is 4.86. The zero-order valence-corrected chi connectivity index (χ0v) is 9.74. The summed E-state index contributed by atoms with van der Waals surface area (Å²) in [6, 6.07) is 0.293. The van der Waals surface area contributed by atoms with Crippen LogP contribution < -0.4 is 0 Å². The van der Waals surface area contributed by atoms with Crippen molar-refractivity contribution in [2.24, 2.45) is 5.92 Å². The van der Waals surface area contributed by atoms with E-state index in [4.69, 9.17) is 0 Å². The highest BCUT2D eigenvalue weighted by atomic mass is 16.2. The Morgan fingerprint density at radius 3 is 2.27 bits per heavy atom. The highest BCUT2D eigenvalue weighted by Gasteiger charge is 2.24. The van der Waals surface area contributed by atoms with Crippen LogP contribution in [0.15, 0.2) is 0 Å². The maximum atomic E-state index is 12.1. The topological polar surface area (TPSA) is 23.6 Å². The third kappa shape index (κ3) is 2.64. The molecule has 3 heteroatoms. The minimum atomic E-state index is 0.293. The van der Waals surface area contributed by atoms with Gasteiger partial charge in [0, 0.05) is 26.2 Å². The van der Waals surface area contributed by atoms with Crippen LogP contribution in [0.5, 0.6) is 0 Å². The Hall–Kier alpha value is -0.730. The molecule has 0 aromatic carbocycles. The van der Waals surface area contributed by atoms with Gasteiger partial charge in [0.25, 0.3) is 0 Å². The molecule has 0 aromatic heterocycles. The Bertz CT molecular complexity index is 224. The summed E-state index contributed by atoms with van der Waals surface area (Å²) in [6.07, 6.45) is 6.02. The van der Waals surface area contributed by atoms with E-state index in [2.05, 4.69) is 11.8 Å². The molecule has 2 aliphatic rings. The standard InChI is InChI=1S/C12H22N2O/c1-11-5-4-9-14(10-6-11)12(15)13-7-2-3-8-13/h11H,2-10H2,1H3. The lowest BCUT2D eigenvalue weighted by Crippen LogP contribution is -2.42. The predicted molar refractivity (Wildman–Crippen MR) is 60.8 cm³/mol. The molecule has 2 saturated heterocycles. The van der Waals surface area contributed by atoms with E-state index in [0.717, 1.165) is 32.1 Å². The van der Waals surface area contributed by atoms with Gasteiger partial charge in [0.2, 0.25) is 0 Å². The third-order valence-electron chi connectivity index (χ3n) is 3.66. The molecule has 2 amide bonds. The van der Waals surface area contributed by atoms with Crippen LogP contribution in [0.25, 0.3) is 0 Å². The summed E-state index contributed by atoms with van der Waals surface area (Å²) in [5.41, 5.74) is 0. The molecule has 15 heavy (non-hydrogen) atoms. The average molecular weight is 210 g/mol. The predicted octanol–water partition coefficient (Wildman–Crippen LogP) is 2.32. The first-order valence-corrected chi connectivity index (χ1v) is 6.31. The van der Waals surface area contributed by atoms with E-state index < -0.39 is 0 Å². The molecule has 0 bridgehead atoms. The van der Waals surface area contributed by atoms with Crippen LogP contribution in [0, 0.1) is 5.92 Å². The van der Waals surface area contributed by atoms with Gasteiger partial charge >= 0.3 is 6.03 Å². The van der Waals surface area contributed by atoms with Crippen molar-refractivity contribution in [2.45, 2.75) is 39.0 Å². The molecule has 2 heterocycles. The van der Waals surface area contributed by atoms with E-state index in [1.54, 1.807) is 0 Å². The van der Waals surface area contributed by atoms with E-state index in [-0.39, 0.29) is 0 Å². The van der Waals surface area contributed by atoms with Gasteiger partial charge in [-0.25, -0.2) is 4.79 Å². The normalized spacial score (nSPS) is 27.9. The number of carbonyl (C=O) groups excluding carboxylic acids is 1. The third-order valence-corrected chi connectivity index (χ3v) is 3.66. The van der Waals surface area contributed by atoms with Gasteiger partial charge in [-0.3, -0.25) is 0 Å². The highest BCUT2D eigenvalue weighted by Crippen LogP contribution is 2.18. The summed E-state index contributed by atoms with van der Waals surface area (Å²) in [7, 11) is 0. The first-order chi connectivity index (χ1) is 7.27. The van der Waals surface area contributed by atoms with Crippen LogP contribution in [0.1, 0.15) is 39.0 Å². The molecule has 2 rings (SSSR count). The van der Waals surface area contributed by atoms with Gasteiger partial charge in [0.15, 0.2) is 0 Å². The summed E-state index contributed by atoms with van der Waals surface area (Å²) < 4.78 is 0. The number of carbonyl (C=O) groups is 1. The number of rotatable bonds is 0. The second-order valence-electron chi connectivity index (χ2n) is 5.00. The van der Waals surface area contributed by atoms with E-state index in [1.165, 1.54) is 32.1 Å². The first kappa shape index (κ1) is 10.8. The van der Waals surface area contributed by atoms with Crippen LogP contribution in [-0.4, -0.2) is 42.0 Å². The number of amides is 2. The van der Waals surface area contributed by atoms with Gasteiger partial charge in [-0.2, -0.15) is 0 Å². The van der Waals surface area contributed by atoms with E-state index >= 15 is 0 Å². The fraction of sp³-hybridized carbons (Fsp3) is 0.917. The molecule has 2 aliphatic heterocycles. The molecule has 0 radical (unpaired) electrons. The largest absolute Gasteiger partial charge is 0.325 e. The van der Waals surface area contributed by atoms with Crippen LogP contribution in [0.2, 0.25) is 0 Å². The van der Waals surface area contributed by atoms with Crippen molar-refractivity contribution in [2.75, 3.05) is 26.2 Å². The molecule has 1 unspecified atom stereocenters. The van der Waals surface area contributed by atoms with Gasteiger partial charge < -0.3 is 9.80 Å². The molecular weight excluding hydrogens is 188 g/mol. The number of likely N-dealkylation sites (tertiary alicyclic amines) is 2. The fourth-order valence-corrected chi connectivity index (χ4v) is 2.56. The quantitative estimate of drug-likeness (QED) is 0.602.